The van der Waals surface area contributed by atoms with Crippen molar-refractivity contribution in [2.24, 2.45) is 0 Å². The fraction of sp³-hybridized carbons (Fsp3) is 0.250. The van der Waals surface area contributed by atoms with E-state index in [1.165, 1.54) is 37.3 Å². The Morgan fingerprint density at radius 3 is 2.41 bits per heavy atom. The van der Waals surface area contributed by atoms with Crippen molar-refractivity contribution in [1.29, 1.82) is 0 Å². The molecule has 0 fully saturated rings. The lowest BCUT2D eigenvalue weighted by molar-refractivity contribution is -0.143. The van der Waals surface area contributed by atoms with E-state index in [-0.39, 0.29) is 18.0 Å². The van der Waals surface area contributed by atoms with Gasteiger partial charge in [-0.2, -0.15) is 0 Å². The van der Waals surface area contributed by atoms with Gasteiger partial charge in [-0.25, -0.2) is 9.18 Å². The maximum atomic E-state index is 12.9. The number of halogens is 1. The summed E-state index contributed by atoms with van der Waals surface area (Å²) in [6.45, 7) is 3.09. The molecular formula is C16H16FNO4. The number of carbonyl (C=O) groups is 2. The van der Waals surface area contributed by atoms with Crippen LogP contribution < -0.4 is 5.32 Å². The van der Waals surface area contributed by atoms with E-state index in [0.717, 1.165) is 0 Å². The predicted octanol–water partition coefficient (Wildman–Crippen LogP) is 3.07. The second-order valence-corrected chi connectivity index (χ2v) is 5.12. The smallest absolute Gasteiger partial charge is 0.329 e. The maximum Gasteiger partial charge on any atom is 0.329 e. The molecule has 0 radical (unpaired) electrons. The minimum atomic E-state index is -1.36. The summed E-state index contributed by atoms with van der Waals surface area (Å²) >= 11 is 0. The van der Waals surface area contributed by atoms with Gasteiger partial charge in [0.15, 0.2) is 5.76 Å². The summed E-state index contributed by atoms with van der Waals surface area (Å²) in [5.41, 5.74) is -0.739. The van der Waals surface area contributed by atoms with E-state index in [1.807, 2.05) is 0 Å². The second kappa shape index (κ2) is 6.01. The monoisotopic (exact) mass is 305 g/mol. The number of benzene rings is 1. The van der Waals surface area contributed by atoms with E-state index in [1.54, 1.807) is 13.0 Å². The van der Waals surface area contributed by atoms with Gasteiger partial charge in [0.25, 0.3) is 5.91 Å². The van der Waals surface area contributed by atoms with E-state index in [0.29, 0.717) is 11.3 Å². The van der Waals surface area contributed by atoms with Gasteiger partial charge in [-0.1, -0.05) is 6.92 Å². The third-order valence-electron chi connectivity index (χ3n) is 3.53. The zero-order valence-electron chi connectivity index (χ0n) is 12.2. The molecule has 0 spiro atoms. The highest BCUT2D eigenvalue weighted by atomic mass is 19.1. The Kier molecular flexibility index (Phi) is 4.30. The van der Waals surface area contributed by atoms with Crippen molar-refractivity contribution in [2.75, 3.05) is 0 Å². The van der Waals surface area contributed by atoms with Crippen molar-refractivity contribution in [2.45, 2.75) is 25.8 Å². The number of aliphatic carboxylic acids is 1. The highest BCUT2D eigenvalue weighted by Gasteiger charge is 2.33. The first-order valence-electron chi connectivity index (χ1n) is 6.77. The lowest BCUT2D eigenvalue weighted by atomic mass is 9.99. The fourth-order valence-corrected chi connectivity index (χ4v) is 1.83. The van der Waals surface area contributed by atoms with Gasteiger partial charge < -0.3 is 14.8 Å². The number of rotatable bonds is 5. The average Bonchev–Trinajstić information content (AvgIpc) is 2.97. The molecule has 1 aromatic carbocycles. The summed E-state index contributed by atoms with van der Waals surface area (Å²) in [5.74, 6) is -1.69. The van der Waals surface area contributed by atoms with Crippen LogP contribution in [0.25, 0.3) is 11.3 Å². The van der Waals surface area contributed by atoms with Crippen molar-refractivity contribution < 1.29 is 23.5 Å². The van der Waals surface area contributed by atoms with E-state index in [4.69, 9.17) is 9.52 Å². The Hall–Kier alpha value is -2.63. The van der Waals surface area contributed by atoms with Gasteiger partial charge in [-0.3, -0.25) is 4.79 Å². The molecule has 0 bridgehead atoms. The summed E-state index contributed by atoms with van der Waals surface area (Å²) in [5, 5.41) is 11.6. The number of carboxylic acids is 1. The molecule has 0 aliphatic heterocycles. The zero-order valence-corrected chi connectivity index (χ0v) is 12.2. The molecule has 2 rings (SSSR count). The van der Waals surface area contributed by atoms with Gasteiger partial charge in [0, 0.05) is 5.56 Å². The quantitative estimate of drug-likeness (QED) is 0.889. The average molecular weight is 305 g/mol. The van der Waals surface area contributed by atoms with Crippen LogP contribution in [-0.4, -0.2) is 22.5 Å². The molecule has 1 aromatic heterocycles. The number of hydrogen-bond acceptors (Lipinski definition) is 3. The summed E-state index contributed by atoms with van der Waals surface area (Å²) in [6, 6.07) is 8.66. The van der Waals surface area contributed by atoms with Crippen molar-refractivity contribution in [3.63, 3.8) is 0 Å². The minimum Gasteiger partial charge on any atom is -0.480 e. The molecule has 0 saturated heterocycles. The molecule has 1 amide bonds. The normalized spacial score (nSPS) is 13.4. The molecule has 0 saturated carbocycles. The Morgan fingerprint density at radius 2 is 1.86 bits per heavy atom. The summed E-state index contributed by atoms with van der Waals surface area (Å²) in [6.07, 6.45) is 0.236. The Balaban J connectivity index is 2.19. The van der Waals surface area contributed by atoms with Crippen LogP contribution in [0.15, 0.2) is 40.8 Å². The number of furan rings is 1. The van der Waals surface area contributed by atoms with E-state index in [2.05, 4.69) is 5.32 Å². The van der Waals surface area contributed by atoms with Gasteiger partial charge in [-0.05, 0) is 49.7 Å². The molecule has 2 aromatic rings. The first kappa shape index (κ1) is 15.8. The van der Waals surface area contributed by atoms with Gasteiger partial charge in [0.05, 0.1) is 0 Å². The largest absolute Gasteiger partial charge is 0.480 e. The number of nitrogens with one attached hydrogen (secondary N) is 1. The molecule has 116 valence electrons. The number of amides is 1. The maximum absolute atomic E-state index is 12.9. The lowest BCUT2D eigenvalue weighted by Crippen LogP contribution is -2.51. The number of carboxylic acid groups (broad SMARTS) is 1. The third kappa shape index (κ3) is 3.16. The van der Waals surface area contributed by atoms with Crippen LogP contribution in [0.5, 0.6) is 0 Å². The Morgan fingerprint density at radius 1 is 1.23 bits per heavy atom. The predicted molar refractivity (Wildman–Crippen MR) is 77.9 cm³/mol. The molecule has 6 heteroatoms. The van der Waals surface area contributed by atoms with Crippen LogP contribution >= 0.6 is 0 Å². The zero-order chi connectivity index (χ0) is 16.3. The van der Waals surface area contributed by atoms with Crippen molar-refractivity contribution >= 4 is 11.9 Å². The van der Waals surface area contributed by atoms with Crippen molar-refractivity contribution in [3.05, 3.63) is 48.0 Å². The summed E-state index contributed by atoms with van der Waals surface area (Å²) in [4.78, 5) is 23.3. The highest BCUT2D eigenvalue weighted by Crippen LogP contribution is 2.23. The van der Waals surface area contributed by atoms with Gasteiger partial charge in [0.1, 0.15) is 17.1 Å². The number of carbonyl (C=O) groups excluding carboxylic acids is 1. The molecule has 0 aliphatic carbocycles. The molecule has 22 heavy (non-hydrogen) atoms. The molecule has 1 heterocycles. The molecule has 1 unspecified atom stereocenters. The summed E-state index contributed by atoms with van der Waals surface area (Å²) < 4.78 is 18.3. The standard InChI is InChI=1S/C16H16FNO4/c1-3-16(2,15(20)21)18-14(19)13-9-8-12(22-13)10-4-6-11(17)7-5-10/h4-9H,3H2,1-2H3,(H,18,19)(H,20,21). The topological polar surface area (TPSA) is 79.5 Å². The second-order valence-electron chi connectivity index (χ2n) is 5.12. The Labute approximate surface area is 126 Å². The van der Waals surface area contributed by atoms with E-state index < -0.39 is 17.4 Å². The van der Waals surface area contributed by atoms with Crippen molar-refractivity contribution in [1.82, 2.24) is 5.32 Å². The van der Waals surface area contributed by atoms with Crippen LogP contribution in [0.1, 0.15) is 30.8 Å². The fourth-order valence-electron chi connectivity index (χ4n) is 1.83. The molecule has 1 atom stereocenters. The van der Waals surface area contributed by atoms with Crippen LogP contribution in [0.2, 0.25) is 0 Å². The Bertz CT molecular complexity index is 692. The lowest BCUT2D eigenvalue weighted by Gasteiger charge is -2.23. The summed E-state index contributed by atoms with van der Waals surface area (Å²) in [7, 11) is 0. The first-order valence-corrected chi connectivity index (χ1v) is 6.77. The van der Waals surface area contributed by atoms with Gasteiger partial charge in [0.2, 0.25) is 0 Å². The molecule has 2 N–H and O–H groups in total. The van der Waals surface area contributed by atoms with Gasteiger partial charge >= 0.3 is 5.97 Å². The van der Waals surface area contributed by atoms with Crippen LogP contribution in [0.3, 0.4) is 0 Å². The van der Waals surface area contributed by atoms with Crippen LogP contribution in [0, 0.1) is 5.82 Å². The third-order valence-corrected chi connectivity index (χ3v) is 3.53. The van der Waals surface area contributed by atoms with E-state index in [9.17, 15) is 14.0 Å². The van der Waals surface area contributed by atoms with Crippen LogP contribution in [-0.2, 0) is 4.79 Å². The van der Waals surface area contributed by atoms with Gasteiger partial charge in [-0.15, -0.1) is 0 Å². The molecule has 0 aliphatic rings. The van der Waals surface area contributed by atoms with Crippen molar-refractivity contribution in [3.8, 4) is 11.3 Å². The molecule has 5 nitrogen and oxygen atoms in total. The SMILES string of the molecule is CCC(C)(NC(=O)c1ccc(-c2ccc(F)cc2)o1)C(=O)O. The number of hydrogen-bond donors (Lipinski definition) is 2. The molecular weight excluding hydrogens is 289 g/mol. The minimum absolute atomic E-state index is 0.000231. The van der Waals surface area contributed by atoms with Crippen LogP contribution in [0.4, 0.5) is 4.39 Å². The van der Waals surface area contributed by atoms with E-state index >= 15 is 0 Å². The first-order chi connectivity index (χ1) is 10.4. The highest BCUT2D eigenvalue weighted by molar-refractivity contribution is 5.96.